The van der Waals surface area contributed by atoms with Crippen LogP contribution in [0, 0.1) is 0 Å². The second kappa shape index (κ2) is 16.7. The van der Waals surface area contributed by atoms with Crippen molar-refractivity contribution in [2.45, 2.75) is 38.6 Å². The molecule has 4 aromatic carbocycles. The van der Waals surface area contributed by atoms with Crippen LogP contribution in [0.25, 0.3) is 0 Å². The minimum atomic E-state index is -0.962. The highest BCUT2D eigenvalue weighted by Crippen LogP contribution is 2.25. The third-order valence-corrected chi connectivity index (χ3v) is 7.73. The number of ketones is 1. The number of hydrogen-bond acceptors (Lipinski definition) is 5. The summed E-state index contributed by atoms with van der Waals surface area (Å²) in [6, 6.07) is 33.1. The molecule has 0 radical (unpaired) electrons. The van der Waals surface area contributed by atoms with E-state index in [1.165, 1.54) is 21.9 Å². The molecule has 1 heterocycles. The van der Waals surface area contributed by atoms with Gasteiger partial charge in [-0.3, -0.25) is 19.2 Å². The zero-order valence-electron chi connectivity index (χ0n) is 26.3. The first-order chi connectivity index (χ1) is 22.4. The Bertz CT molecular complexity index is 1540. The Hall–Kier alpha value is -5.24. The highest BCUT2D eigenvalue weighted by molar-refractivity contribution is 5.98. The quantitative estimate of drug-likeness (QED) is 0.281. The third kappa shape index (κ3) is 8.91. The fourth-order valence-corrected chi connectivity index (χ4v) is 5.54. The summed E-state index contributed by atoms with van der Waals surface area (Å²) in [5, 5.41) is 12.8. The largest absolute Gasteiger partial charge is 0.508 e. The summed E-state index contributed by atoms with van der Waals surface area (Å²) >= 11 is 0. The number of hydrogen-bond donors (Lipinski definition) is 2. The first kappa shape index (κ1) is 33.6. The average molecular weight is 620 g/mol. The highest BCUT2D eigenvalue weighted by atomic mass is 16.3. The predicted molar refractivity (Wildman–Crippen MR) is 178 cm³/mol. The van der Waals surface area contributed by atoms with Gasteiger partial charge in [0.1, 0.15) is 11.8 Å². The van der Waals surface area contributed by atoms with Crippen LogP contribution in [0.4, 0.5) is 0 Å². The molecule has 46 heavy (non-hydrogen) atoms. The molecular weight excluding hydrogens is 578 g/mol. The number of carbonyl (C=O) groups is 4. The van der Waals surface area contributed by atoms with E-state index in [0.717, 1.165) is 16.7 Å². The zero-order valence-corrected chi connectivity index (χ0v) is 26.3. The number of carbonyl (C=O) groups excluding carboxylic acids is 4. The van der Waals surface area contributed by atoms with Crippen molar-refractivity contribution < 1.29 is 24.3 Å². The topological polar surface area (TPSA) is 107 Å². The molecule has 1 saturated heterocycles. The van der Waals surface area contributed by atoms with Crippen LogP contribution in [0.3, 0.4) is 0 Å². The molecule has 1 fully saturated rings. The molecule has 1 unspecified atom stereocenters. The minimum Gasteiger partial charge on any atom is -0.508 e. The minimum absolute atomic E-state index is 0.0952. The summed E-state index contributed by atoms with van der Waals surface area (Å²) in [5.74, 6) is -1.75. The van der Waals surface area contributed by atoms with Crippen molar-refractivity contribution in [2.24, 2.45) is 0 Å². The normalized spacial score (nSPS) is 13.9. The van der Waals surface area contributed by atoms with Crippen molar-refractivity contribution in [3.05, 3.63) is 138 Å². The number of nitrogens with zero attached hydrogens (tertiary/aromatic N) is 2. The van der Waals surface area contributed by atoms with Gasteiger partial charge < -0.3 is 20.2 Å². The predicted octanol–water partition coefficient (Wildman–Crippen LogP) is 5.22. The van der Waals surface area contributed by atoms with Crippen LogP contribution in [0.2, 0.25) is 0 Å². The average Bonchev–Trinajstić information content (AvgIpc) is 3.08. The van der Waals surface area contributed by atoms with Gasteiger partial charge in [-0.25, -0.2) is 0 Å². The Kier molecular flexibility index (Phi) is 12.2. The van der Waals surface area contributed by atoms with Crippen LogP contribution in [0.15, 0.2) is 115 Å². The Balaban J connectivity index is 0.00000235. The molecule has 2 N–H and O–H groups in total. The van der Waals surface area contributed by atoms with E-state index < -0.39 is 12.0 Å². The number of amides is 3. The van der Waals surface area contributed by atoms with Crippen LogP contribution in [0.1, 0.15) is 53.2 Å². The molecule has 8 heteroatoms. The summed E-state index contributed by atoms with van der Waals surface area (Å²) in [6.45, 7) is 4.31. The second-order valence-corrected chi connectivity index (χ2v) is 10.9. The van der Waals surface area contributed by atoms with E-state index >= 15 is 0 Å². The van der Waals surface area contributed by atoms with Crippen LogP contribution in [-0.2, 0) is 20.8 Å². The lowest BCUT2D eigenvalue weighted by Crippen LogP contribution is -2.54. The van der Waals surface area contributed by atoms with E-state index in [9.17, 15) is 24.3 Å². The standard InChI is InChI=1S/C36H35N3O5.C2H6/c40-30-19-17-26(18-20-30)23-32(37-34(42)33(27-11-4-1-5-12-27)28-13-6-2-7-14-28)36(44)39-22-10-21-38(24-31(41)25-39)35(43)29-15-8-3-9-16-29;1-2/h1-9,11-20,32-33,40H,10,21-25H2,(H,37,42);1-2H3. The smallest absolute Gasteiger partial charge is 0.254 e. The first-order valence-electron chi connectivity index (χ1n) is 15.7. The maximum absolute atomic E-state index is 14.1. The van der Waals surface area contributed by atoms with E-state index in [2.05, 4.69) is 5.32 Å². The van der Waals surface area contributed by atoms with Gasteiger partial charge in [-0.15, -0.1) is 0 Å². The fourth-order valence-electron chi connectivity index (χ4n) is 5.54. The van der Waals surface area contributed by atoms with Gasteiger partial charge in [-0.1, -0.05) is 105 Å². The molecule has 0 bridgehead atoms. The van der Waals surface area contributed by atoms with Crippen LogP contribution in [-0.4, -0.2) is 70.6 Å². The lowest BCUT2D eigenvalue weighted by Gasteiger charge is -2.32. The molecule has 5 rings (SSSR count). The van der Waals surface area contributed by atoms with E-state index in [1.54, 1.807) is 36.4 Å². The zero-order chi connectivity index (χ0) is 32.9. The number of aromatic hydroxyl groups is 1. The summed E-state index contributed by atoms with van der Waals surface area (Å²) in [6.07, 6.45) is 0.651. The van der Waals surface area contributed by atoms with E-state index in [0.29, 0.717) is 18.5 Å². The van der Waals surface area contributed by atoms with Gasteiger partial charge in [0.2, 0.25) is 11.8 Å². The maximum Gasteiger partial charge on any atom is 0.254 e. The Morgan fingerprint density at radius 3 is 1.78 bits per heavy atom. The molecule has 1 atom stereocenters. The van der Waals surface area contributed by atoms with Gasteiger partial charge in [-0.2, -0.15) is 0 Å². The molecule has 8 nitrogen and oxygen atoms in total. The van der Waals surface area contributed by atoms with Gasteiger partial charge in [0.15, 0.2) is 5.78 Å². The van der Waals surface area contributed by atoms with Crippen LogP contribution in [0.5, 0.6) is 5.75 Å². The van der Waals surface area contributed by atoms with E-state index in [1.807, 2.05) is 80.6 Å². The van der Waals surface area contributed by atoms with Crippen LogP contribution >= 0.6 is 0 Å². The van der Waals surface area contributed by atoms with Gasteiger partial charge in [0, 0.05) is 25.1 Å². The molecule has 1 aliphatic heterocycles. The fraction of sp³-hybridized carbons (Fsp3) is 0.263. The second-order valence-electron chi connectivity index (χ2n) is 10.9. The monoisotopic (exact) mass is 619 g/mol. The maximum atomic E-state index is 14.1. The Labute approximate surface area is 270 Å². The molecule has 238 valence electrons. The SMILES string of the molecule is CC.O=C1CN(C(=O)c2ccccc2)CCCN(C(=O)C(Cc2ccc(O)cc2)NC(=O)C(c2ccccc2)c2ccccc2)C1. The van der Waals surface area contributed by atoms with Crippen LogP contribution < -0.4 is 5.32 Å². The van der Waals surface area contributed by atoms with Gasteiger partial charge in [0.25, 0.3) is 5.91 Å². The van der Waals surface area contributed by atoms with Crippen molar-refractivity contribution >= 4 is 23.5 Å². The van der Waals surface area contributed by atoms with E-state index in [4.69, 9.17) is 0 Å². The summed E-state index contributed by atoms with van der Waals surface area (Å²) < 4.78 is 0. The van der Waals surface area contributed by atoms with E-state index in [-0.39, 0.29) is 55.3 Å². The van der Waals surface area contributed by atoms with Gasteiger partial charge >= 0.3 is 0 Å². The summed E-state index contributed by atoms with van der Waals surface area (Å²) in [5.41, 5.74) is 2.83. The number of Topliss-reactive ketones (excluding diaryl/α,β-unsaturated/α-hetero) is 1. The van der Waals surface area contributed by atoms with Crippen molar-refractivity contribution in [1.82, 2.24) is 15.1 Å². The highest BCUT2D eigenvalue weighted by Gasteiger charge is 2.33. The summed E-state index contributed by atoms with van der Waals surface area (Å²) in [7, 11) is 0. The molecular formula is C38H41N3O5. The van der Waals surface area contributed by atoms with Gasteiger partial charge in [-0.05, 0) is 47.4 Å². The number of nitrogens with one attached hydrogen (secondary N) is 1. The first-order valence-corrected chi connectivity index (χ1v) is 15.7. The summed E-state index contributed by atoms with van der Waals surface area (Å²) in [4.78, 5) is 57.2. The molecule has 0 spiro atoms. The molecule has 0 saturated carbocycles. The molecule has 0 aromatic heterocycles. The Morgan fingerprint density at radius 2 is 1.22 bits per heavy atom. The Morgan fingerprint density at radius 1 is 0.717 bits per heavy atom. The number of phenolic OH excluding ortho intramolecular Hbond substituents is 1. The lowest BCUT2D eigenvalue weighted by atomic mass is 9.90. The lowest BCUT2D eigenvalue weighted by molar-refractivity contribution is -0.139. The van der Waals surface area contributed by atoms with Crippen molar-refractivity contribution in [1.29, 1.82) is 0 Å². The molecule has 1 aliphatic rings. The van der Waals surface area contributed by atoms with Crippen molar-refractivity contribution in [3.8, 4) is 5.75 Å². The van der Waals surface area contributed by atoms with Crippen molar-refractivity contribution in [3.63, 3.8) is 0 Å². The number of benzene rings is 4. The van der Waals surface area contributed by atoms with Crippen molar-refractivity contribution in [2.75, 3.05) is 26.2 Å². The third-order valence-electron chi connectivity index (χ3n) is 7.73. The van der Waals surface area contributed by atoms with Gasteiger partial charge in [0.05, 0.1) is 19.0 Å². The molecule has 0 aliphatic carbocycles. The number of rotatable bonds is 8. The molecule has 4 aromatic rings. The molecule has 3 amide bonds. The number of phenols is 1.